The lowest BCUT2D eigenvalue weighted by Gasteiger charge is -2.40. The summed E-state index contributed by atoms with van der Waals surface area (Å²) in [6.07, 6.45) is -3.53. The topological polar surface area (TPSA) is 112 Å². The fourth-order valence-electron chi connectivity index (χ4n) is 3.86. The number of rotatable bonds is 6. The number of pyridine rings is 1. The molecule has 2 heterocycles. The van der Waals surface area contributed by atoms with Crippen LogP contribution in [0.2, 0.25) is 0 Å². The van der Waals surface area contributed by atoms with Crippen molar-refractivity contribution in [3.63, 3.8) is 0 Å². The van der Waals surface area contributed by atoms with E-state index >= 15 is 0 Å². The second-order valence-electron chi connectivity index (χ2n) is 8.03. The molecule has 1 fully saturated rings. The third-order valence-corrected chi connectivity index (χ3v) is 5.77. The zero-order chi connectivity index (χ0) is 22.7. The molecule has 0 aliphatic carbocycles. The van der Waals surface area contributed by atoms with Gasteiger partial charge in [0.25, 0.3) is 0 Å². The van der Waals surface area contributed by atoms with E-state index in [1.54, 1.807) is 12.3 Å². The highest BCUT2D eigenvalue weighted by molar-refractivity contribution is 5.39. The molecule has 4 N–H and O–H groups in total. The number of aromatic nitrogens is 1. The summed E-state index contributed by atoms with van der Waals surface area (Å²) < 4.78 is 11.4. The standard InChI is InChI=1S/C25H27NO6/c1-15-5-8-17(25-24(30)23(29)22(28)20(14-27)32-25)13-18(15)12-16-6-9-19(10-7-16)31-21-4-2-3-11-26-21/h2-11,13,20,22-25,27-30H,12,14H2,1H3/t20-,22-,23+,24-,25+/m1/s1. The fourth-order valence-corrected chi connectivity index (χ4v) is 3.86. The SMILES string of the molecule is Cc1ccc([C@@H]2O[C@H](CO)[C@@H](O)[C@H](O)[C@H]2O)cc1Cc1ccc(Oc2ccccn2)cc1. The number of benzene rings is 2. The molecule has 4 rings (SSSR count). The van der Waals surface area contributed by atoms with Crippen molar-refractivity contribution in [1.29, 1.82) is 0 Å². The number of ether oxygens (including phenoxy) is 2. The Morgan fingerprint density at radius 1 is 0.938 bits per heavy atom. The Morgan fingerprint density at radius 3 is 2.41 bits per heavy atom. The van der Waals surface area contributed by atoms with E-state index < -0.39 is 37.1 Å². The van der Waals surface area contributed by atoms with Crippen molar-refractivity contribution in [2.45, 2.75) is 43.9 Å². The van der Waals surface area contributed by atoms with Gasteiger partial charge in [-0.15, -0.1) is 0 Å². The molecule has 0 bridgehead atoms. The smallest absolute Gasteiger partial charge is 0.219 e. The monoisotopic (exact) mass is 437 g/mol. The number of hydrogen-bond acceptors (Lipinski definition) is 7. The summed E-state index contributed by atoms with van der Waals surface area (Å²) in [5, 5.41) is 40.0. The number of aliphatic hydroxyl groups is 4. The maximum Gasteiger partial charge on any atom is 0.219 e. The first-order valence-corrected chi connectivity index (χ1v) is 10.5. The van der Waals surface area contributed by atoms with E-state index in [1.165, 1.54) is 0 Å². The van der Waals surface area contributed by atoms with Crippen LogP contribution in [-0.2, 0) is 11.2 Å². The molecule has 1 aliphatic rings. The number of nitrogens with zero attached hydrogens (tertiary/aromatic N) is 1. The van der Waals surface area contributed by atoms with Gasteiger partial charge >= 0.3 is 0 Å². The first-order chi connectivity index (χ1) is 15.5. The molecule has 32 heavy (non-hydrogen) atoms. The Bertz CT molecular complexity index is 1020. The Kier molecular flexibility index (Phi) is 6.83. The Hall–Kier alpha value is -2.81. The lowest BCUT2D eigenvalue weighted by atomic mass is 9.89. The highest BCUT2D eigenvalue weighted by Gasteiger charge is 2.43. The van der Waals surface area contributed by atoms with E-state index in [0.717, 1.165) is 16.7 Å². The van der Waals surface area contributed by atoms with Crippen molar-refractivity contribution < 1.29 is 29.9 Å². The summed E-state index contributed by atoms with van der Waals surface area (Å²) >= 11 is 0. The van der Waals surface area contributed by atoms with E-state index in [1.807, 2.05) is 61.5 Å². The highest BCUT2D eigenvalue weighted by atomic mass is 16.5. The van der Waals surface area contributed by atoms with Gasteiger partial charge in [-0.3, -0.25) is 0 Å². The first-order valence-electron chi connectivity index (χ1n) is 10.5. The van der Waals surface area contributed by atoms with Gasteiger partial charge in [0.05, 0.1) is 6.61 Å². The molecule has 7 nitrogen and oxygen atoms in total. The Labute approximate surface area is 186 Å². The average Bonchev–Trinajstić information content (AvgIpc) is 2.81. The second-order valence-corrected chi connectivity index (χ2v) is 8.03. The predicted octanol–water partition coefficient (Wildman–Crippen LogP) is 2.29. The summed E-state index contributed by atoms with van der Waals surface area (Å²) in [6.45, 7) is 1.55. The minimum absolute atomic E-state index is 0.451. The molecule has 1 saturated heterocycles. The van der Waals surface area contributed by atoms with E-state index in [-0.39, 0.29) is 0 Å². The summed E-state index contributed by atoms with van der Waals surface area (Å²) in [5.74, 6) is 1.22. The average molecular weight is 437 g/mol. The van der Waals surface area contributed by atoms with Gasteiger partial charge in [0.15, 0.2) is 0 Å². The molecule has 3 aromatic rings. The van der Waals surface area contributed by atoms with Crippen molar-refractivity contribution in [1.82, 2.24) is 4.98 Å². The normalized spacial score (nSPS) is 25.5. The first kappa shape index (κ1) is 22.4. The molecule has 168 valence electrons. The van der Waals surface area contributed by atoms with Crippen molar-refractivity contribution in [2.75, 3.05) is 6.61 Å². The molecule has 0 unspecified atom stereocenters. The number of aryl methyl sites for hydroxylation is 1. The van der Waals surface area contributed by atoms with Crippen LogP contribution in [0.1, 0.15) is 28.4 Å². The lowest BCUT2D eigenvalue weighted by molar-refractivity contribution is -0.231. The second kappa shape index (κ2) is 9.77. The predicted molar refractivity (Wildman–Crippen MR) is 117 cm³/mol. The van der Waals surface area contributed by atoms with Gasteiger partial charge in [-0.05, 0) is 53.8 Å². The van der Waals surface area contributed by atoms with Crippen LogP contribution >= 0.6 is 0 Å². The maximum absolute atomic E-state index is 10.4. The van der Waals surface area contributed by atoms with Gasteiger partial charge < -0.3 is 29.9 Å². The van der Waals surface area contributed by atoms with Crippen LogP contribution in [0.4, 0.5) is 0 Å². The molecule has 2 aromatic carbocycles. The van der Waals surface area contributed by atoms with Crippen LogP contribution in [0, 0.1) is 6.92 Å². The molecule has 0 spiro atoms. The molecule has 0 amide bonds. The molecule has 7 heteroatoms. The van der Waals surface area contributed by atoms with Crippen molar-refractivity contribution >= 4 is 0 Å². The maximum atomic E-state index is 10.4. The van der Waals surface area contributed by atoms with Crippen molar-refractivity contribution in [3.05, 3.63) is 89.1 Å². The summed E-state index contributed by atoms with van der Waals surface area (Å²) in [7, 11) is 0. The summed E-state index contributed by atoms with van der Waals surface area (Å²) in [4.78, 5) is 4.15. The largest absolute Gasteiger partial charge is 0.439 e. The van der Waals surface area contributed by atoms with Gasteiger partial charge in [-0.25, -0.2) is 4.98 Å². The summed E-state index contributed by atoms with van der Waals surface area (Å²) in [6, 6.07) is 18.9. The molecule has 0 radical (unpaired) electrons. The Morgan fingerprint density at radius 2 is 1.72 bits per heavy atom. The minimum atomic E-state index is -1.40. The van der Waals surface area contributed by atoms with Gasteiger partial charge in [0.1, 0.15) is 36.3 Å². The van der Waals surface area contributed by atoms with Crippen LogP contribution in [0.5, 0.6) is 11.6 Å². The van der Waals surface area contributed by atoms with Crippen molar-refractivity contribution in [2.24, 2.45) is 0 Å². The molecule has 1 aliphatic heterocycles. The van der Waals surface area contributed by atoms with Crippen LogP contribution in [0.25, 0.3) is 0 Å². The van der Waals surface area contributed by atoms with Gasteiger partial charge in [-0.2, -0.15) is 0 Å². The number of aliphatic hydroxyl groups excluding tert-OH is 4. The molecular formula is C25H27NO6. The van der Waals surface area contributed by atoms with E-state index in [9.17, 15) is 20.4 Å². The molecular weight excluding hydrogens is 410 g/mol. The van der Waals surface area contributed by atoms with Crippen LogP contribution < -0.4 is 4.74 Å². The van der Waals surface area contributed by atoms with E-state index in [0.29, 0.717) is 23.6 Å². The molecule has 1 aromatic heterocycles. The third kappa shape index (κ3) is 4.82. The van der Waals surface area contributed by atoms with E-state index in [2.05, 4.69) is 4.98 Å². The van der Waals surface area contributed by atoms with Crippen LogP contribution in [-0.4, -0.2) is 56.4 Å². The van der Waals surface area contributed by atoms with Gasteiger partial charge in [-0.1, -0.05) is 36.4 Å². The highest BCUT2D eigenvalue weighted by Crippen LogP contribution is 2.33. The minimum Gasteiger partial charge on any atom is -0.439 e. The quantitative estimate of drug-likeness (QED) is 0.468. The Balaban J connectivity index is 1.50. The molecule has 5 atom stereocenters. The van der Waals surface area contributed by atoms with Gasteiger partial charge in [0.2, 0.25) is 5.88 Å². The van der Waals surface area contributed by atoms with Gasteiger partial charge in [0, 0.05) is 12.3 Å². The van der Waals surface area contributed by atoms with E-state index in [4.69, 9.17) is 9.47 Å². The molecule has 0 saturated carbocycles. The summed E-state index contributed by atoms with van der Waals surface area (Å²) in [5.41, 5.74) is 3.87. The zero-order valence-corrected chi connectivity index (χ0v) is 17.7. The zero-order valence-electron chi connectivity index (χ0n) is 17.7. The fraction of sp³-hybridized carbons (Fsp3) is 0.320. The number of hydrogen-bond donors (Lipinski definition) is 4. The third-order valence-electron chi connectivity index (χ3n) is 5.77. The van der Waals surface area contributed by atoms with Crippen molar-refractivity contribution in [3.8, 4) is 11.6 Å². The lowest BCUT2D eigenvalue weighted by Crippen LogP contribution is -2.55. The van der Waals surface area contributed by atoms with Crippen LogP contribution in [0.3, 0.4) is 0 Å². The van der Waals surface area contributed by atoms with Crippen LogP contribution in [0.15, 0.2) is 66.9 Å².